The summed E-state index contributed by atoms with van der Waals surface area (Å²) in [6.45, 7) is 2.12. The number of hydrogen-bond acceptors (Lipinski definition) is 6. The number of rotatable bonds is 7. The molecule has 2 saturated carbocycles. The molecule has 0 bridgehead atoms. The summed E-state index contributed by atoms with van der Waals surface area (Å²) in [6.07, 6.45) is 6.19. The molecular formula is C13H21N3O2S2. The Balaban J connectivity index is 1.82. The fourth-order valence-electron chi connectivity index (χ4n) is 2.47. The summed E-state index contributed by atoms with van der Waals surface area (Å²) in [6, 6.07) is 0.315. The average Bonchev–Trinajstić information content (AvgIpc) is 3.27. The summed E-state index contributed by atoms with van der Waals surface area (Å²) in [5.74, 6) is 0.965. The molecule has 5 nitrogen and oxygen atoms in total. The Morgan fingerprint density at radius 2 is 2.10 bits per heavy atom. The Morgan fingerprint density at radius 1 is 1.40 bits per heavy atom. The van der Waals surface area contributed by atoms with Crippen LogP contribution in [0.2, 0.25) is 0 Å². The zero-order chi connectivity index (χ0) is 14.3. The minimum atomic E-state index is -3.29. The van der Waals surface area contributed by atoms with Crippen LogP contribution in [0.3, 0.4) is 0 Å². The number of sulfone groups is 1. The molecule has 0 saturated heterocycles. The van der Waals surface area contributed by atoms with Crippen molar-refractivity contribution in [2.45, 2.75) is 61.6 Å². The molecule has 0 aromatic carbocycles. The minimum Gasteiger partial charge on any atom is -0.382 e. The topological polar surface area (TPSA) is 85.1 Å². The second kappa shape index (κ2) is 5.18. The fraction of sp³-hybridized carbons (Fsp3) is 0.769. The van der Waals surface area contributed by atoms with E-state index in [4.69, 9.17) is 5.73 Å². The molecule has 7 heteroatoms. The second-order valence-corrected chi connectivity index (χ2v) is 8.84. The van der Waals surface area contributed by atoms with Gasteiger partial charge in [-0.2, -0.15) is 4.37 Å². The van der Waals surface area contributed by atoms with E-state index in [0.29, 0.717) is 11.0 Å². The predicted molar refractivity (Wildman–Crippen MR) is 81.8 cm³/mol. The van der Waals surface area contributed by atoms with Crippen molar-refractivity contribution in [3.05, 3.63) is 0 Å². The smallest absolute Gasteiger partial charge is 0.187 e. The Hall–Kier alpha value is -0.820. The molecule has 20 heavy (non-hydrogen) atoms. The van der Waals surface area contributed by atoms with Crippen molar-refractivity contribution in [1.82, 2.24) is 4.37 Å². The van der Waals surface area contributed by atoms with Crippen LogP contribution in [-0.2, 0) is 9.84 Å². The number of nitrogens with two attached hydrogens (primary N) is 1. The van der Waals surface area contributed by atoms with Gasteiger partial charge < -0.3 is 11.1 Å². The molecule has 2 fully saturated rings. The van der Waals surface area contributed by atoms with Crippen LogP contribution in [0.25, 0.3) is 0 Å². The van der Waals surface area contributed by atoms with Crippen LogP contribution in [0.5, 0.6) is 0 Å². The third-order valence-corrected chi connectivity index (χ3v) is 7.32. The Labute approximate surface area is 124 Å². The van der Waals surface area contributed by atoms with E-state index in [1.165, 1.54) is 24.4 Å². The number of aromatic nitrogens is 1. The lowest BCUT2D eigenvalue weighted by molar-refractivity contribution is 0.584. The molecule has 1 atom stereocenters. The monoisotopic (exact) mass is 315 g/mol. The first-order valence-electron chi connectivity index (χ1n) is 7.28. The van der Waals surface area contributed by atoms with Crippen LogP contribution in [0.15, 0.2) is 4.90 Å². The number of anilines is 2. The van der Waals surface area contributed by atoms with Gasteiger partial charge in [0.1, 0.15) is 9.90 Å². The van der Waals surface area contributed by atoms with Crippen LogP contribution in [0, 0.1) is 5.92 Å². The third kappa shape index (κ3) is 2.79. The lowest BCUT2D eigenvalue weighted by Crippen LogP contribution is -2.20. The van der Waals surface area contributed by atoms with E-state index in [2.05, 4.69) is 16.6 Å². The van der Waals surface area contributed by atoms with Crippen LogP contribution >= 0.6 is 11.5 Å². The van der Waals surface area contributed by atoms with Crippen molar-refractivity contribution >= 4 is 32.2 Å². The van der Waals surface area contributed by atoms with E-state index in [-0.39, 0.29) is 16.0 Å². The van der Waals surface area contributed by atoms with E-state index in [0.717, 1.165) is 31.6 Å². The summed E-state index contributed by atoms with van der Waals surface area (Å²) in [5.41, 5.74) is 5.80. The minimum absolute atomic E-state index is 0.158. The van der Waals surface area contributed by atoms with Gasteiger partial charge in [0.05, 0.1) is 5.25 Å². The first-order chi connectivity index (χ1) is 9.52. The van der Waals surface area contributed by atoms with Crippen molar-refractivity contribution in [1.29, 1.82) is 0 Å². The average molecular weight is 315 g/mol. The molecule has 1 unspecified atom stereocenters. The maximum atomic E-state index is 12.4. The Kier molecular flexibility index (Phi) is 3.66. The first kappa shape index (κ1) is 14.1. The van der Waals surface area contributed by atoms with Gasteiger partial charge in [-0.3, -0.25) is 0 Å². The van der Waals surface area contributed by atoms with Gasteiger partial charge in [-0.05, 0) is 43.1 Å². The quantitative estimate of drug-likeness (QED) is 0.808. The van der Waals surface area contributed by atoms with E-state index >= 15 is 0 Å². The van der Waals surface area contributed by atoms with Crippen LogP contribution in [-0.4, -0.2) is 24.1 Å². The zero-order valence-corrected chi connectivity index (χ0v) is 13.3. The van der Waals surface area contributed by atoms with Gasteiger partial charge in [-0.1, -0.05) is 19.8 Å². The molecule has 0 spiro atoms. The zero-order valence-electron chi connectivity index (χ0n) is 11.6. The fourth-order valence-corrected chi connectivity index (χ4v) is 5.43. The molecule has 2 aliphatic carbocycles. The van der Waals surface area contributed by atoms with Crippen LogP contribution in [0.1, 0.15) is 45.4 Å². The van der Waals surface area contributed by atoms with E-state index in [1.807, 2.05) is 0 Å². The van der Waals surface area contributed by atoms with Crippen LogP contribution < -0.4 is 11.1 Å². The van der Waals surface area contributed by atoms with Crippen molar-refractivity contribution in [2.75, 3.05) is 11.1 Å². The first-order valence-corrected chi connectivity index (χ1v) is 9.60. The number of nitrogens with one attached hydrogen (secondary N) is 1. The maximum Gasteiger partial charge on any atom is 0.187 e. The predicted octanol–water partition coefficient (Wildman–Crippen LogP) is 2.65. The lowest BCUT2D eigenvalue weighted by atomic mass is 10.1. The van der Waals surface area contributed by atoms with Gasteiger partial charge in [-0.15, -0.1) is 0 Å². The highest BCUT2D eigenvalue weighted by molar-refractivity contribution is 7.92. The Morgan fingerprint density at radius 3 is 2.65 bits per heavy atom. The van der Waals surface area contributed by atoms with Gasteiger partial charge in [0.25, 0.3) is 0 Å². The van der Waals surface area contributed by atoms with Gasteiger partial charge in [0.2, 0.25) is 0 Å². The molecule has 1 heterocycles. The van der Waals surface area contributed by atoms with E-state index in [9.17, 15) is 8.42 Å². The molecule has 1 aromatic heterocycles. The maximum absolute atomic E-state index is 12.4. The summed E-state index contributed by atoms with van der Waals surface area (Å²) < 4.78 is 28.9. The highest BCUT2D eigenvalue weighted by Gasteiger charge is 2.41. The summed E-state index contributed by atoms with van der Waals surface area (Å²) in [4.78, 5) is 0.249. The molecule has 112 valence electrons. The molecule has 1 aromatic rings. The summed E-state index contributed by atoms with van der Waals surface area (Å²) in [7, 11) is -3.29. The Bertz CT molecular complexity index is 589. The normalized spacial score (nSPS) is 20.9. The summed E-state index contributed by atoms with van der Waals surface area (Å²) in [5, 5.41) is 3.77. The summed E-state index contributed by atoms with van der Waals surface area (Å²) >= 11 is 1.17. The number of nitrogens with zero attached hydrogens (tertiary/aromatic N) is 1. The van der Waals surface area contributed by atoms with Crippen molar-refractivity contribution in [3.63, 3.8) is 0 Å². The van der Waals surface area contributed by atoms with Crippen LogP contribution in [0.4, 0.5) is 10.8 Å². The number of nitrogen functional groups attached to an aromatic ring is 1. The van der Waals surface area contributed by atoms with E-state index in [1.54, 1.807) is 0 Å². The molecule has 0 aliphatic heterocycles. The molecule has 3 rings (SSSR count). The van der Waals surface area contributed by atoms with Crippen molar-refractivity contribution < 1.29 is 8.42 Å². The third-order valence-electron chi connectivity index (χ3n) is 4.06. The number of hydrogen-bond donors (Lipinski definition) is 2. The largest absolute Gasteiger partial charge is 0.382 e. The van der Waals surface area contributed by atoms with Crippen molar-refractivity contribution in [2.24, 2.45) is 5.92 Å². The highest BCUT2D eigenvalue weighted by atomic mass is 32.2. The van der Waals surface area contributed by atoms with Gasteiger partial charge in [-0.25, -0.2) is 8.42 Å². The van der Waals surface area contributed by atoms with Gasteiger partial charge >= 0.3 is 0 Å². The molecule has 3 N–H and O–H groups in total. The SMILES string of the molecule is CCC(CC1CC1)Nc1snc(N)c1S(=O)(=O)C1CC1. The molecule has 0 amide bonds. The van der Waals surface area contributed by atoms with Gasteiger partial charge in [0, 0.05) is 6.04 Å². The molecule has 0 radical (unpaired) electrons. The highest BCUT2D eigenvalue weighted by Crippen LogP contribution is 2.42. The molecule has 2 aliphatic rings. The lowest BCUT2D eigenvalue weighted by Gasteiger charge is -2.17. The second-order valence-electron chi connectivity index (χ2n) is 5.90. The van der Waals surface area contributed by atoms with Crippen molar-refractivity contribution in [3.8, 4) is 0 Å². The molecular weight excluding hydrogens is 294 g/mol. The van der Waals surface area contributed by atoms with E-state index < -0.39 is 9.84 Å². The van der Waals surface area contributed by atoms with Gasteiger partial charge in [0.15, 0.2) is 15.7 Å². The standard InChI is InChI=1S/C13H21N3O2S2/c1-2-9(7-8-3-4-8)15-13-11(12(14)16-19-13)20(17,18)10-5-6-10/h8-10,15H,2-7H2,1H3,(H2,14,16).